The number of urea groups is 1. The molecule has 1 N–H and O–H groups in total. The molecule has 21 heavy (non-hydrogen) atoms. The van der Waals surface area contributed by atoms with Crippen LogP contribution in [-0.2, 0) is 0 Å². The van der Waals surface area contributed by atoms with Crippen molar-refractivity contribution in [2.75, 3.05) is 14.1 Å². The average Bonchev–Trinajstić information content (AvgIpc) is 2.89. The number of amides is 2. The number of hydrogen-bond donors (Lipinski definition) is 1. The fourth-order valence-corrected chi connectivity index (χ4v) is 2.78. The van der Waals surface area contributed by atoms with Gasteiger partial charge in [0.15, 0.2) is 11.3 Å². The topological polar surface area (TPSA) is 51.2 Å². The molecule has 0 saturated carbocycles. The van der Waals surface area contributed by atoms with Gasteiger partial charge in [0.05, 0.1) is 6.21 Å². The minimum Gasteiger partial charge on any atom is -0.337 e. The lowest BCUT2D eigenvalue weighted by molar-refractivity contribution is 0.174. The maximum absolute atomic E-state index is 13.6. The molecule has 1 aromatic rings. The van der Waals surface area contributed by atoms with Crippen LogP contribution in [0.5, 0.6) is 0 Å². The van der Waals surface area contributed by atoms with Gasteiger partial charge in [0.1, 0.15) is 12.0 Å². The van der Waals surface area contributed by atoms with Gasteiger partial charge in [0.25, 0.3) is 0 Å². The van der Waals surface area contributed by atoms with Gasteiger partial charge in [0.2, 0.25) is 0 Å². The number of hydrogen-bond acceptors (Lipinski definition) is 3. The SMILES string of the molecule is CN1C(=O)N(C)C2C1NC(=S)N2/N=C/c1ccccc1F. The molecule has 1 aromatic carbocycles. The van der Waals surface area contributed by atoms with E-state index >= 15 is 0 Å². The lowest BCUT2D eigenvalue weighted by atomic mass is 10.2. The number of carbonyl (C=O) groups excluding carboxylic acids is 1. The van der Waals surface area contributed by atoms with Crippen LogP contribution in [-0.4, -0.2) is 58.6 Å². The molecule has 3 rings (SSSR count). The van der Waals surface area contributed by atoms with E-state index in [0.717, 1.165) is 0 Å². The highest BCUT2D eigenvalue weighted by Crippen LogP contribution is 2.26. The molecule has 2 fully saturated rings. The van der Waals surface area contributed by atoms with Crippen LogP contribution in [0.1, 0.15) is 5.56 Å². The van der Waals surface area contributed by atoms with Crippen molar-refractivity contribution in [1.29, 1.82) is 0 Å². The smallest absolute Gasteiger partial charge is 0.323 e. The molecule has 2 atom stereocenters. The minimum atomic E-state index is -0.358. The van der Waals surface area contributed by atoms with E-state index in [9.17, 15) is 9.18 Å². The van der Waals surface area contributed by atoms with Gasteiger partial charge in [0, 0.05) is 19.7 Å². The summed E-state index contributed by atoms with van der Waals surface area (Å²) < 4.78 is 13.6. The molecular weight excluding hydrogens is 293 g/mol. The summed E-state index contributed by atoms with van der Waals surface area (Å²) in [4.78, 5) is 15.0. The first-order chi connectivity index (χ1) is 10.0. The molecule has 0 spiro atoms. The van der Waals surface area contributed by atoms with Crippen molar-refractivity contribution >= 4 is 29.6 Å². The Morgan fingerprint density at radius 3 is 2.76 bits per heavy atom. The van der Waals surface area contributed by atoms with Gasteiger partial charge in [-0.3, -0.25) is 0 Å². The summed E-state index contributed by atoms with van der Waals surface area (Å²) in [5.41, 5.74) is 0.365. The number of benzene rings is 1. The quantitative estimate of drug-likeness (QED) is 0.654. The van der Waals surface area contributed by atoms with Crippen LogP contribution in [0, 0.1) is 5.82 Å². The van der Waals surface area contributed by atoms with Crippen LogP contribution in [0.2, 0.25) is 0 Å². The van der Waals surface area contributed by atoms with E-state index in [1.807, 2.05) is 0 Å². The van der Waals surface area contributed by atoms with E-state index in [0.29, 0.717) is 10.7 Å². The number of nitrogens with zero attached hydrogens (tertiary/aromatic N) is 4. The Morgan fingerprint density at radius 2 is 2.05 bits per heavy atom. The Hall–Kier alpha value is -2.22. The van der Waals surface area contributed by atoms with E-state index in [1.165, 1.54) is 17.3 Å². The maximum Gasteiger partial charge on any atom is 0.323 e. The third-order valence-electron chi connectivity index (χ3n) is 3.66. The number of thiocarbonyl (C=S) groups is 1. The lowest BCUT2D eigenvalue weighted by Crippen LogP contribution is -2.41. The fourth-order valence-electron chi connectivity index (χ4n) is 2.50. The monoisotopic (exact) mass is 307 g/mol. The number of likely N-dealkylation sites (N-methyl/N-ethyl adjacent to an activating group) is 2. The first-order valence-corrected chi connectivity index (χ1v) is 6.79. The molecule has 110 valence electrons. The molecule has 0 bridgehead atoms. The third kappa shape index (κ3) is 2.11. The molecule has 2 amide bonds. The zero-order valence-electron chi connectivity index (χ0n) is 11.5. The first kappa shape index (κ1) is 13.7. The van der Waals surface area contributed by atoms with Gasteiger partial charge >= 0.3 is 6.03 Å². The molecule has 2 aliphatic heterocycles. The molecule has 0 aromatic heterocycles. The van der Waals surface area contributed by atoms with Crippen LogP contribution in [0.25, 0.3) is 0 Å². The second-order valence-corrected chi connectivity index (χ2v) is 5.31. The van der Waals surface area contributed by atoms with Crippen molar-refractivity contribution in [1.82, 2.24) is 20.1 Å². The summed E-state index contributed by atoms with van der Waals surface area (Å²) in [5, 5.41) is 9.21. The van der Waals surface area contributed by atoms with Crippen molar-refractivity contribution in [2.45, 2.75) is 12.3 Å². The van der Waals surface area contributed by atoms with Crippen molar-refractivity contribution in [3.8, 4) is 0 Å². The second kappa shape index (κ2) is 4.96. The molecule has 0 radical (unpaired) electrons. The van der Waals surface area contributed by atoms with Crippen LogP contribution < -0.4 is 5.32 Å². The van der Waals surface area contributed by atoms with Gasteiger partial charge in [-0.05, 0) is 18.3 Å². The summed E-state index contributed by atoms with van der Waals surface area (Å²) >= 11 is 5.23. The van der Waals surface area contributed by atoms with E-state index in [1.54, 1.807) is 42.1 Å². The molecule has 8 heteroatoms. The van der Waals surface area contributed by atoms with Crippen LogP contribution in [0.3, 0.4) is 0 Å². The number of halogens is 1. The summed E-state index contributed by atoms with van der Waals surface area (Å²) in [6.07, 6.45) is 0.813. The van der Waals surface area contributed by atoms with Gasteiger partial charge in [-0.15, -0.1) is 0 Å². The van der Waals surface area contributed by atoms with Crippen LogP contribution in [0.15, 0.2) is 29.4 Å². The highest BCUT2D eigenvalue weighted by molar-refractivity contribution is 7.80. The number of hydrazone groups is 1. The van der Waals surface area contributed by atoms with Crippen molar-refractivity contribution < 1.29 is 9.18 Å². The van der Waals surface area contributed by atoms with Gasteiger partial charge in [-0.25, -0.2) is 14.2 Å². The Morgan fingerprint density at radius 1 is 1.33 bits per heavy atom. The van der Waals surface area contributed by atoms with Gasteiger partial charge in [-0.1, -0.05) is 18.2 Å². The number of rotatable bonds is 2. The van der Waals surface area contributed by atoms with E-state index in [4.69, 9.17) is 12.2 Å². The minimum absolute atomic E-state index is 0.119. The van der Waals surface area contributed by atoms with Gasteiger partial charge < -0.3 is 15.1 Å². The third-order valence-corrected chi connectivity index (χ3v) is 3.96. The molecule has 0 aliphatic carbocycles. The largest absolute Gasteiger partial charge is 0.337 e. The summed E-state index contributed by atoms with van der Waals surface area (Å²) in [5.74, 6) is -0.358. The van der Waals surface area contributed by atoms with E-state index in [2.05, 4.69) is 10.4 Å². The van der Waals surface area contributed by atoms with Crippen molar-refractivity contribution in [3.63, 3.8) is 0 Å². The van der Waals surface area contributed by atoms with Crippen LogP contribution in [0.4, 0.5) is 9.18 Å². The standard InChI is InChI=1S/C13H14FN5OS/c1-17-10-11(18(2)13(17)20)19(12(21)16-10)15-7-8-5-3-4-6-9(8)14/h3-7,10-11H,1-2H3,(H,16,21)/b15-7+. The number of carbonyl (C=O) groups is 1. The molecular formula is C13H14FN5OS. The average molecular weight is 307 g/mol. The summed E-state index contributed by atoms with van der Waals surface area (Å²) in [6, 6.07) is 6.21. The van der Waals surface area contributed by atoms with Gasteiger partial charge in [-0.2, -0.15) is 5.10 Å². The van der Waals surface area contributed by atoms with E-state index in [-0.39, 0.29) is 24.2 Å². The lowest BCUT2D eigenvalue weighted by Gasteiger charge is -2.23. The molecule has 2 saturated heterocycles. The zero-order chi connectivity index (χ0) is 15.1. The first-order valence-electron chi connectivity index (χ1n) is 6.38. The predicted molar refractivity (Wildman–Crippen MR) is 80.1 cm³/mol. The Balaban J connectivity index is 1.87. The maximum atomic E-state index is 13.6. The fraction of sp³-hybridized carbons (Fsp3) is 0.308. The Labute approximate surface area is 126 Å². The number of fused-ring (bicyclic) bond motifs is 1. The summed E-state index contributed by atoms with van der Waals surface area (Å²) in [6.45, 7) is 0. The van der Waals surface area contributed by atoms with Crippen molar-refractivity contribution in [2.24, 2.45) is 5.10 Å². The zero-order valence-corrected chi connectivity index (χ0v) is 12.3. The second-order valence-electron chi connectivity index (χ2n) is 4.92. The normalized spacial score (nSPS) is 25.0. The van der Waals surface area contributed by atoms with Crippen molar-refractivity contribution in [3.05, 3.63) is 35.6 Å². The van der Waals surface area contributed by atoms with Crippen LogP contribution >= 0.6 is 12.2 Å². The molecule has 6 nitrogen and oxygen atoms in total. The molecule has 2 aliphatic rings. The highest BCUT2D eigenvalue weighted by atomic mass is 32.1. The molecule has 2 unspecified atom stereocenters. The Kier molecular flexibility index (Phi) is 3.25. The Bertz CT molecular complexity index is 637. The predicted octanol–water partition coefficient (Wildman–Crippen LogP) is 0.999. The van der Waals surface area contributed by atoms with E-state index < -0.39 is 0 Å². The number of nitrogens with one attached hydrogen (secondary N) is 1. The summed E-state index contributed by atoms with van der Waals surface area (Å²) in [7, 11) is 3.38. The highest BCUT2D eigenvalue weighted by Gasteiger charge is 2.51. The molecule has 2 heterocycles.